The first kappa shape index (κ1) is 20.8. The molecule has 0 aliphatic heterocycles. The van der Waals surface area contributed by atoms with E-state index in [2.05, 4.69) is 31.9 Å². The van der Waals surface area contributed by atoms with Crippen LogP contribution in [0.4, 0.5) is 5.69 Å². The van der Waals surface area contributed by atoms with Gasteiger partial charge in [0, 0.05) is 32.2 Å². The van der Waals surface area contributed by atoms with E-state index in [0.717, 1.165) is 31.3 Å². The summed E-state index contributed by atoms with van der Waals surface area (Å²) in [6.45, 7) is 0.344. The second-order valence-electron chi connectivity index (χ2n) is 6.62. The molecular formula is C22H14Br2ClN3O2. The molecule has 0 atom stereocenters. The maximum Gasteiger partial charge on any atom is 0.269 e. The highest BCUT2D eigenvalue weighted by Crippen LogP contribution is 2.38. The fourth-order valence-corrected chi connectivity index (χ4v) is 4.38. The normalized spacial score (nSPS) is 10.9. The number of non-ortho nitro benzene ring substituents is 1. The lowest BCUT2D eigenvalue weighted by Crippen LogP contribution is -2.04. The highest BCUT2D eigenvalue weighted by Gasteiger charge is 2.20. The highest BCUT2D eigenvalue weighted by atomic mass is 79.9. The van der Waals surface area contributed by atoms with Gasteiger partial charge >= 0.3 is 0 Å². The molecule has 0 unspecified atom stereocenters. The molecule has 0 radical (unpaired) electrons. The van der Waals surface area contributed by atoms with E-state index in [-0.39, 0.29) is 5.69 Å². The summed E-state index contributed by atoms with van der Waals surface area (Å²) >= 11 is 13.8. The van der Waals surface area contributed by atoms with Gasteiger partial charge in [0.05, 0.1) is 22.2 Å². The van der Waals surface area contributed by atoms with E-state index in [0.29, 0.717) is 17.3 Å². The molecule has 4 aromatic rings. The van der Waals surface area contributed by atoms with Gasteiger partial charge in [-0.3, -0.25) is 14.8 Å². The van der Waals surface area contributed by atoms with E-state index in [4.69, 9.17) is 16.7 Å². The van der Waals surface area contributed by atoms with E-state index in [1.807, 2.05) is 54.6 Å². The summed E-state index contributed by atoms with van der Waals surface area (Å²) in [6, 6.07) is 22.1. The quantitative estimate of drug-likeness (QED) is 0.194. The van der Waals surface area contributed by atoms with Crippen molar-refractivity contribution in [3.63, 3.8) is 0 Å². The molecule has 3 aromatic carbocycles. The van der Waals surface area contributed by atoms with Gasteiger partial charge in [0.15, 0.2) is 0 Å². The van der Waals surface area contributed by atoms with Crippen molar-refractivity contribution in [1.82, 2.24) is 9.78 Å². The topological polar surface area (TPSA) is 61.0 Å². The molecule has 0 bridgehead atoms. The van der Waals surface area contributed by atoms with Gasteiger partial charge in [0.1, 0.15) is 5.69 Å². The average Bonchev–Trinajstić information content (AvgIpc) is 3.04. The maximum absolute atomic E-state index is 11.2. The van der Waals surface area contributed by atoms with Gasteiger partial charge < -0.3 is 0 Å². The third kappa shape index (κ3) is 4.33. The van der Waals surface area contributed by atoms with Gasteiger partial charge in [-0.25, -0.2) is 0 Å². The van der Waals surface area contributed by atoms with Gasteiger partial charge in [-0.15, -0.1) is 0 Å². The molecule has 0 aliphatic carbocycles. The van der Waals surface area contributed by atoms with Crippen LogP contribution in [0.2, 0.25) is 5.02 Å². The lowest BCUT2D eigenvalue weighted by molar-refractivity contribution is -0.384. The Morgan fingerprint density at radius 3 is 2.23 bits per heavy atom. The minimum atomic E-state index is -0.401. The Balaban J connectivity index is 1.87. The smallest absolute Gasteiger partial charge is 0.258 e. The highest BCUT2D eigenvalue weighted by molar-refractivity contribution is 9.10. The Labute approximate surface area is 194 Å². The zero-order chi connectivity index (χ0) is 21.3. The first-order valence-corrected chi connectivity index (χ1v) is 10.9. The SMILES string of the molecule is O=[N+]([O-])c1cccc(Cn2nc(-c3cccc(Br)c3)c(Cl)c2-c2cccc(Br)c2)c1. The first-order chi connectivity index (χ1) is 14.4. The molecular weight excluding hydrogens is 534 g/mol. The Morgan fingerprint density at radius 2 is 1.57 bits per heavy atom. The van der Waals surface area contributed by atoms with Crippen LogP contribution in [0.3, 0.4) is 0 Å². The summed E-state index contributed by atoms with van der Waals surface area (Å²) in [5.74, 6) is 0. The molecule has 5 nitrogen and oxygen atoms in total. The van der Waals surface area contributed by atoms with Crippen molar-refractivity contribution in [2.75, 3.05) is 0 Å². The maximum atomic E-state index is 11.2. The van der Waals surface area contributed by atoms with Gasteiger partial charge in [0.2, 0.25) is 0 Å². The van der Waals surface area contributed by atoms with Crippen LogP contribution in [0, 0.1) is 10.1 Å². The number of aromatic nitrogens is 2. The van der Waals surface area contributed by atoms with E-state index in [1.165, 1.54) is 6.07 Å². The molecule has 0 saturated carbocycles. The van der Waals surface area contributed by atoms with Crippen LogP contribution in [0.1, 0.15) is 5.56 Å². The third-order valence-corrected chi connectivity index (χ3v) is 5.89. The predicted molar refractivity (Wildman–Crippen MR) is 126 cm³/mol. The minimum absolute atomic E-state index is 0.0435. The van der Waals surface area contributed by atoms with Gasteiger partial charge in [0.25, 0.3) is 5.69 Å². The van der Waals surface area contributed by atoms with Crippen molar-refractivity contribution in [2.45, 2.75) is 6.54 Å². The van der Waals surface area contributed by atoms with Crippen LogP contribution in [-0.4, -0.2) is 14.7 Å². The molecule has 0 spiro atoms. The van der Waals surface area contributed by atoms with Crippen LogP contribution in [-0.2, 0) is 6.54 Å². The second kappa shape index (κ2) is 8.71. The Morgan fingerprint density at radius 1 is 0.933 bits per heavy atom. The van der Waals surface area contributed by atoms with Crippen LogP contribution >= 0.6 is 43.5 Å². The number of hydrogen-bond acceptors (Lipinski definition) is 3. The number of halogens is 3. The third-order valence-electron chi connectivity index (χ3n) is 4.54. The summed E-state index contributed by atoms with van der Waals surface area (Å²) < 4.78 is 3.64. The van der Waals surface area contributed by atoms with Gasteiger partial charge in [-0.05, 0) is 29.8 Å². The Kier molecular flexibility index (Phi) is 6.04. The van der Waals surface area contributed by atoms with Crippen LogP contribution < -0.4 is 0 Å². The van der Waals surface area contributed by atoms with Crippen LogP contribution in [0.15, 0.2) is 81.7 Å². The Bertz CT molecular complexity index is 1260. The fraction of sp³-hybridized carbons (Fsp3) is 0.0455. The molecule has 8 heteroatoms. The number of rotatable bonds is 5. The first-order valence-electron chi connectivity index (χ1n) is 8.94. The summed E-state index contributed by atoms with van der Waals surface area (Å²) in [6.07, 6.45) is 0. The van der Waals surface area contributed by atoms with Crippen molar-refractivity contribution in [1.29, 1.82) is 0 Å². The lowest BCUT2D eigenvalue weighted by atomic mass is 10.1. The largest absolute Gasteiger partial charge is 0.269 e. The van der Waals surface area contributed by atoms with Gasteiger partial charge in [-0.2, -0.15) is 5.10 Å². The fourth-order valence-electron chi connectivity index (χ4n) is 3.23. The van der Waals surface area contributed by atoms with Crippen molar-refractivity contribution in [3.8, 4) is 22.5 Å². The van der Waals surface area contributed by atoms with E-state index in [1.54, 1.807) is 16.8 Å². The van der Waals surface area contributed by atoms with Crippen molar-refractivity contribution >= 4 is 49.1 Å². The second-order valence-corrected chi connectivity index (χ2v) is 8.83. The summed E-state index contributed by atoms with van der Waals surface area (Å²) in [5.41, 5.74) is 3.98. The van der Waals surface area contributed by atoms with Gasteiger partial charge in [-0.1, -0.05) is 79.9 Å². The predicted octanol–water partition coefficient (Wildman–Crippen LogP) is 7.35. The molecule has 0 aliphatic rings. The average molecular weight is 548 g/mol. The minimum Gasteiger partial charge on any atom is -0.258 e. The molecule has 0 saturated heterocycles. The van der Waals surface area contributed by atoms with Crippen molar-refractivity contribution in [2.24, 2.45) is 0 Å². The molecule has 0 fully saturated rings. The zero-order valence-electron chi connectivity index (χ0n) is 15.4. The van der Waals surface area contributed by atoms with Crippen LogP contribution in [0.5, 0.6) is 0 Å². The monoisotopic (exact) mass is 545 g/mol. The summed E-state index contributed by atoms with van der Waals surface area (Å²) in [7, 11) is 0. The number of benzene rings is 3. The number of nitrogens with zero attached hydrogens (tertiary/aromatic N) is 3. The Hall–Kier alpha value is -2.48. The number of hydrogen-bond donors (Lipinski definition) is 0. The summed E-state index contributed by atoms with van der Waals surface area (Å²) in [5, 5.41) is 16.5. The van der Waals surface area contributed by atoms with E-state index < -0.39 is 4.92 Å². The van der Waals surface area contributed by atoms with E-state index in [9.17, 15) is 10.1 Å². The molecule has 0 N–H and O–H groups in total. The molecule has 1 heterocycles. The van der Waals surface area contributed by atoms with Crippen LogP contribution in [0.25, 0.3) is 22.5 Å². The van der Waals surface area contributed by atoms with Crippen molar-refractivity contribution < 1.29 is 4.92 Å². The van der Waals surface area contributed by atoms with E-state index >= 15 is 0 Å². The number of nitro groups is 1. The lowest BCUT2D eigenvalue weighted by Gasteiger charge is -2.09. The molecule has 150 valence electrons. The molecule has 0 amide bonds. The molecule has 4 rings (SSSR count). The van der Waals surface area contributed by atoms with Crippen molar-refractivity contribution in [3.05, 3.63) is 102 Å². The summed E-state index contributed by atoms with van der Waals surface area (Å²) in [4.78, 5) is 10.8. The number of nitro benzene ring substituents is 1. The standard InChI is InChI=1S/C22H14Br2ClN3O2/c23-17-7-2-5-15(11-17)21-20(25)22(16-6-3-8-18(24)12-16)27(26-21)13-14-4-1-9-19(10-14)28(29)30/h1-12H,13H2. The zero-order valence-corrected chi connectivity index (χ0v) is 19.4. The molecule has 30 heavy (non-hydrogen) atoms. The molecule has 1 aromatic heterocycles.